The van der Waals surface area contributed by atoms with Gasteiger partial charge in [-0.1, -0.05) is 0 Å². The van der Waals surface area contributed by atoms with E-state index >= 15 is 0 Å². The molecule has 3 rings (SSSR count). The number of piperidine rings is 1. The van der Waals surface area contributed by atoms with Gasteiger partial charge in [-0.3, -0.25) is 4.98 Å². The van der Waals surface area contributed by atoms with E-state index in [1.54, 1.807) is 12.1 Å². The van der Waals surface area contributed by atoms with Crippen LogP contribution in [-0.2, 0) is 9.84 Å². The van der Waals surface area contributed by atoms with Crippen molar-refractivity contribution in [1.82, 2.24) is 9.88 Å². The number of carbonyl (C=O) groups is 1. The standard InChI is InChI=1S/C19H22N2O5S/c1-27(24,25)17-6-7-18(20-12-17)15-2-4-16(5-3-15)26-13-14-8-10-21(11-9-14)19(22)23/h2-7,12,14H,8-11,13H2,1H3,(H,22,23). The Labute approximate surface area is 158 Å². The molecule has 0 aliphatic carbocycles. The highest BCUT2D eigenvalue weighted by atomic mass is 32.2. The number of nitrogens with zero attached hydrogens (tertiary/aromatic N) is 2. The lowest BCUT2D eigenvalue weighted by Gasteiger charge is -2.29. The molecule has 1 saturated heterocycles. The van der Waals surface area contributed by atoms with Crippen molar-refractivity contribution in [1.29, 1.82) is 0 Å². The summed E-state index contributed by atoms with van der Waals surface area (Å²) in [7, 11) is -3.25. The third-order valence-electron chi connectivity index (χ3n) is 4.69. The first-order valence-corrected chi connectivity index (χ1v) is 10.6. The van der Waals surface area contributed by atoms with Crippen molar-refractivity contribution >= 4 is 15.9 Å². The molecule has 1 aromatic carbocycles. The van der Waals surface area contributed by atoms with E-state index in [2.05, 4.69) is 4.98 Å². The summed E-state index contributed by atoms with van der Waals surface area (Å²) in [5, 5.41) is 8.97. The minimum Gasteiger partial charge on any atom is -0.493 e. The summed E-state index contributed by atoms with van der Waals surface area (Å²) in [6, 6.07) is 10.7. The smallest absolute Gasteiger partial charge is 0.407 e. The molecular weight excluding hydrogens is 368 g/mol. The van der Waals surface area contributed by atoms with E-state index in [0.29, 0.717) is 31.3 Å². The summed E-state index contributed by atoms with van der Waals surface area (Å²) < 4.78 is 28.8. The summed E-state index contributed by atoms with van der Waals surface area (Å²) in [5.74, 6) is 1.10. The normalized spacial score (nSPS) is 15.5. The molecule has 1 aliphatic rings. The van der Waals surface area contributed by atoms with Crippen LogP contribution >= 0.6 is 0 Å². The zero-order valence-corrected chi connectivity index (χ0v) is 15.9. The Morgan fingerprint density at radius 2 is 1.85 bits per heavy atom. The molecule has 7 nitrogen and oxygen atoms in total. The monoisotopic (exact) mass is 390 g/mol. The van der Waals surface area contributed by atoms with Crippen molar-refractivity contribution in [2.24, 2.45) is 5.92 Å². The van der Waals surface area contributed by atoms with Crippen LogP contribution in [0.25, 0.3) is 11.3 Å². The molecule has 27 heavy (non-hydrogen) atoms. The van der Waals surface area contributed by atoms with Gasteiger partial charge in [0.15, 0.2) is 9.84 Å². The number of sulfone groups is 1. The van der Waals surface area contributed by atoms with E-state index in [4.69, 9.17) is 9.84 Å². The van der Waals surface area contributed by atoms with Crippen LogP contribution < -0.4 is 4.74 Å². The zero-order chi connectivity index (χ0) is 19.4. The average Bonchev–Trinajstić information content (AvgIpc) is 2.66. The lowest BCUT2D eigenvalue weighted by molar-refractivity contribution is 0.111. The third-order valence-corrected chi connectivity index (χ3v) is 5.78. The molecule has 0 unspecified atom stereocenters. The van der Waals surface area contributed by atoms with E-state index in [-0.39, 0.29) is 4.90 Å². The maximum Gasteiger partial charge on any atom is 0.407 e. The average molecular weight is 390 g/mol. The molecule has 1 amide bonds. The molecule has 1 fully saturated rings. The molecule has 0 radical (unpaired) electrons. The highest BCUT2D eigenvalue weighted by Gasteiger charge is 2.22. The van der Waals surface area contributed by atoms with Gasteiger partial charge in [0, 0.05) is 31.1 Å². The molecule has 0 saturated carbocycles. The van der Waals surface area contributed by atoms with Crippen LogP contribution in [0.15, 0.2) is 47.5 Å². The van der Waals surface area contributed by atoms with E-state index < -0.39 is 15.9 Å². The second-order valence-electron chi connectivity index (χ2n) is 6.70. The van der Waals surface area contributed by atoms with Gasteiger partial charge in [-0.05, 0) is 55.2 Å². The SMILES string of the molecule is CS(=O)(=O)c1ccc(-c2ccc(OCC3CCN(C(=O)O)CC3)cc2)nc1. The van der Waals surface area contributed by atoms with Gasteiger partial charge in [0.05, 0.1) is 17.2 Å². The number of likely N-dealkylation sites (tertiary alicyclic amines) is 1. The predicted molar refractivity (Wildman–Crippen MR) is 101 cm³/mol. The lowest BCUT2D eigenvalue weighted by Crippen LogP contribution is -2.38. The zero-order valence-electron chi connectivity index (χ0n) is 15.0. The second-order valence-corrected chi connectivity index (χ2v) is 8.72. The second kappa shape index (κ2) is 7.96. The molecule has 144 valence electrons. The molecule has 0 bridgehead atoms. The quantitative estimate of drug-likeness (QED) is 0.843. The fourth-order valence-electron chi connectivity index (χ4n) is 3.00. The predicted octanol–water partition coefficient (Wildman–Crippen LogP) is 2.92. The first-order chi connectivity index (χ1) is 12.8. The number of rotatable bonds is 5. The number of ether oxygens (including phenoxy) is 1. The van der Waals surface area contributed by atoms with Gasteiger partial charge in [-0.2, -0.15) is 0 Å². The lowest BCUT2D eigenvalue weighted by atomic mass is 9.98. The van der Waals surface area contributed by atoms with Gasteiger partial charge in [0.25, 0.3) is 0 Å². The van der Waals surface area contributed by atoms with Crippen LogP contribution in [0.5, 0.6) is 5.75 Å². The Morgan fingerprint density at radius 1 is 1.19 bits per heavy atom. The summed E-state index contributed by atoms with van der Waals surface area (Å²) in [6.07, 6.45) is 3.27. The summed E-state index contributed by atoms with van der Waals surface area (Å²) in [6.45, 7) is 1.67. The van der Waals surface area contributed by atoms with Crippen molar-refractivity contribution < 1.29 is 23.1 Å². The molecular formula is C19H22N2O5S. The number of hydrogen-bond acceptors (Lipinski definition) is 5. The van der Waals surface area contributed by atoms with E-state index in [0.717, 1.165) is 30.4 Å². The van der Waals surface area contributed by atoms with Gasteiger partial charge in [-0.25, -0.2) is 13.2 Å². The number of hydrogen-bond donors (Lipinski definition) is 1. The number of benzene rings is 1. The van der Waals surface area contributed by atoms with Crippen LogP contribution in [0.3, 0.4) is 0 Å². The minimum absolute atomic E-state index is 0.195. The van der Waals surface area contributed by atoms with Crippen molar-refractivity contribution in [2.45, 2.75) is 17.7 Å². The fraction of sp³-hybridized carbons (Fsp3) is 0.368. The van der Waals surface area contributed by atoms with Crippen molar-refractivity contribution in [3.8, 4) is 17.0 Å². The van der Waals surface area contributed by atoms with Gasteiger partial charge in [0.1, 0.15) is 5.75 Å². The topological polar surface area (TPSA) is 96.8 Å². The van der Waals surface area contributed by atoms with Gasteiger partial charge in [0.2, 0.25) is 0 Å². The van der Waals surface area contributed by atoms with E-state index in [1.165, 1.54) is 11.1 Å². The Balaban J connectivity index is 1.55. The Hall–Kier alpha value is -2.61. The van der Waals surface area contributed by atoms with Crippen LogP contribution in [0.1, 0.15) is 12.8 Å². The van der Waals surface area contributed by atoms with Crippen LogP contribution in [0.2, 0.25) is 0 Å². The summed E-state index contributed by atoms with van der Waals surface area (Å²) in [4.78, 5) is 16.8. The molecule has 2 heterocycles. The molecule has 1 N–H and O–H groups in total. The summed E-state index contributed by atoms with van der Waals surface area (Å²) in [5.41, 5.74) is 1.56. The number of aromatic nitrogens is 1. The van der Waals surface area contributed by atoms with Crippen molar-refractivity contribution in [3.05, 3.63) is 42.6 Å². The molecule has 0 spiro atoms. The van der Waals surface area contributed by atoms with Crippen molar-refractivity contribution in [3.63, 3.8) is 0 Å². The van der Waals surface area contributed by atoms with Crippen LogP contribution in [-0.4, -0.2) is 55.5 Å². The highest BCUT2D eigenvalue weighted by Crippen LogP contribution is 2.23. The first-order valence-electron chi connectivity index (χ1n) is 8.70. The Morgan fingerprint density at radius 3 is 2.37 bits per heavy atom. The van der Waals surface area contributed by atoms with Gasteiger partial charge >= 0.3 is 6.09 Å². The summed E-state index contributed by atoms with van der Waals surface area (Å²) >= 11 is 0. The number of pyridine rings is 1. The molecule has 1 aliphatic heterocycles. The Bertz CT molecular complexity index is 887. The maximum absolute atomic E-state index is 11.5. The van der Waals surface area contributed by atoms with E-state index in [1.807, 2.05) is 24.3 Å². The number of amides is 1. The van der Waals surface area contributed by atoms with E-state index in [9.17, 15) is 13.2 Å². The molecule has 2 aromatic rings. The highest BCUT2D eigenvalue weighted by molar-refractivity contribution is 7.90. The van der Waals surface area contributed by atoms with Gasteiger partial charge < -0.3 is 14.7 Å². The largest absolute Gasteiger partial charge is 0.493 e. The Kier molecular flexibility index (Phi) is 5.65. The van der Waals surface area contributed by atoms with Gasteiger partial charge in [-0.15, -0.1) is 0 Å². The third kappa shape index (κ3) is 4.97. The maximum atomic E-state index is 11.5. The van der Waals surface area contributed by atoms with Crippen molar-refractivity contribution in [2.75, 3.05) is 26.0 Å². The molecule has 8 heteroatoms. The minimum atomic E-state index is -3.25. The molecule has 0 atom stereocenters. The fourth-order valence-corrected chi connectivity index (χ4v) is 3.56. The number of carboxylic acid groups (broad SMARTS) is 1. The van der Waals surface area contributed by atoms with Crippen LogP contribution in [0, 0.1) is 5.92 Å². The first kappa shape index (κ1) is 19.2. The molecule has 1 aromatic heterocycles. The van der Waals surface area contributed by atoms with Crippen LogP contribution in [0.4, 0.5) is 4.79 Å².